The molecule has 0 aliphatic heterocycles. The Kier molecular flexibility index (Phi) is 6.56. The first-order valence-corrected chi connectivity index (χ1v) is 9.98. The number of benzene rings is 1. The first-order valence-electron chi connectivity index (χ1n) is 9.98. The number of carbonyl (C=O) groups excluding carboxylic acids is 2. The highest BCUT2D eigenvalue weighted by atomic mass is 16.2. The Morgan fingerprint density at radius 1 is 1.10 bits per heavy atom. The van der Waals surface area contributed by atoms with Gasteiger partial charge in [-0.05, 0) is 24.0 Å². The third-order valence-electron chi connectivity index (χ3n) is 4.58. The lowest BCUT2D eigenvalue weighted by Crippen LogP contribution is -2.36. The minimum absolute atomic E-state index is 0.00127. The average Bonchev–Trinajstić information content (AvgIpc) is 2.97. The van der Waals surface area contributed by atoms with Crippen LogP contribution in [-0.4, -0.2) is 40.1 Å². The minimum atomic E-state index is -0.245. The number of rotatable bonds is 5. The molecule has 1 aromatic carbocycles. The van der Waals surface area contributed by atoms with E-state index in [0.29, 0.717) is 12.2 Å². The number of amides is 2. The van der Waals surface area contributed by atoms with Crippen LogP contribution in [0.25, 0.3) is 5.69 Å². The van der Waals surface area contributed by atoms with Gasteiger partial charge in [0.1, 0.15) is 5.82 Å². The molecule has 1 N–H and O–H groups in total. The third-order valence-corrected chi connectivity index (χ3v) is 4.58. The zero-order valence-corrected chi connectivity index (χ0v) is 19.0. The van der Waals surface area contributed by atoms with E-state index in [2.05, 4.69) is 26.1 Å². The van der Waals surface area contributed by atoms with Gasteiger partial charge >= 0.3 is 0 Å². The van der Waals surface area contributed by atoms with Crippen molar-refractivity contribution in [3.05, 3.63) is 41.6 Å². The lowest BCUT2D eigenvalue weighted by atomic mass is 9.92. The Morgan fingerprint density at radius 3 is 2.28 bits per heavy atom. The molecule has 0 aliphatic carbocycles. The van der Waals surface area contributed by atoms with Gasteiger partial charge < -0.3 is 10.2 Å². The number of aromatic nitrogens is 2. The summed E-state index contributed by atoms with van der Waals surface area (Å²) in [6, 6.07) is 9.81. The highest BCUT2D eigenvalue weighted by Crippen LogP contribution is 2.27. The molecule has 0 spiro atoms. The molecule has 0 saturated heterocycles. The smallest absolute Gasteiger partial charge is 0.245 e. The number of aryl methyl sites for hydroxylation is 1. The fourth-order valence-electron chi connectivity index (χ4n) is 2.90. The second-order valence-electron chi connectivity index (χ2n) is 9.90. The van der Waals surface area contributed by atoms with Crippen LogP contribution in [0, 0.1) is 12.3 Å². The second kappa shape index (κ2) is 8.39. The molecule has 6 nitrogen and oxygen atoms in total. The van der Waals surface area contributed by atoms with Crippen molar-refractivity contribution in [3.63, 3.8) is 0 Å². The molecule has 0 bridgehead atoms. The summed E-state index contributed by atoms with van der Waals surface area (Å²) in [5.74, 6) is 0.311. The van der Waals surface area contributed by atoms with Crippen molar-refractivity contribution in [3.8, 4) is 5.69 Å². The molecule has 0 aliphatic rings. The molecule has 0 fully saturated rings. The van der Waals surface area contributed by atoms with Gasteiger partial charge in [0.05, 0.1) is 17.9 Å². The molecule has 0 atom stereocenters. The Labute approximate surface area is 174 Å². The standard InChI is InChI=1S/C23H34N4O2/c1-16-11-9-10-12-17(16)27-19(13-18(25-27)23(5,6)7)24-20(28)15-26(8)21(29)14-22(2,3)4/h9-13H,14-15H2,1-8H3,(H,24,28). The fourth-order valence-corrected chi connectivity index (χ4v) is 2.90. The summed E-state index contributed by atoms with van der Waals surface area (Å²) < 4.78 is 1.77. The SMILES string of the molecule is Cc1ccccc1-n1nc(C(C)(C)C)cc1NC(=O)CN(C)C(=O)CC(C)(C)C. The lowest BCUT2D eigenvalue weighted by molar-refractivity contribution is -0.134. The number of likely N-dealkylation sites (N-methyl/N-ethyl adjacent to an activating group) is 1. The number of carbonyl (C=O) groups is 2. The van der Waals surface area contributed by atoms with Crippen LogP contribution in [0.15, 0.2) is 30.3 Å². The maximum absolute atomic E-state index is 12.7. The van der Waals surface area contributed by atoms with Gasteiger partial charge in [-0.1, -0.05) is 59.7 Å². The highest BCUT2D eigenvalue weighted by molar-refractivity contribution is 5.94. The molecule has 0 saturated carbocycles. The summed E-state index contributed by atoms with van der Waals surface area (Å²) in [6.45, 7) is 14.3. The first-order chi connectivity index (χ1) is 13.3. The molecular weight excluding hydrogens is 364 g/mol. The van der Waals surface area contributed by atoms with Crippen LogP contribution >= 0.6 is 0 Å². The molecule has 29 heavy (non-hydrogen) atoms. The predicted octanol–water partition coefficient (Wildman–Crippen LogP) is 4.31. The summed E-state index contributed by atoms with van der Waals surface area (Å²) in [5, 5.41) is 7.69. The van der Waals surface area contributed by atoms with Crippen molar-refractivity contribution in [1.82, 2.24) is 14.7 Å². The van der Waals surface area contributed by atoms with E-state index in [-0.39, 0.29) is 29.2 Å². The maximum Gasteiger partial charge on any atom is 0.245 e. The highest BCUT2D eigenvalue weighted by Gasteiger charge is 2.24. The van der Waals surface area contributed by atoms with Gasteiger partial charge in [0.15, 0.2) is 0 Å². The number of anilines is 1. The third kappa shape index (κ3) is 6.17. The van der Waals surface area contributed by atoms with Crippen LogP contribution in [0.1, 0.15) is 59.2 Å². The second-order valence-corrected chi connectivity index (χ2v) is 9.90. The molecule has 2 aromatic rings. The molecule has 6 heteroatoms. The number of para-hydroxylation sites is 1. The maximum atomic E-state index is 12.7. The number of nitrogens with one attached hydrogen (secondary N) is 1. The summed E-state index contributed by atoms with van der Waals surface area (Å²) >= 11 is 0. The Balaban J connectivity index is 2.25. The van der Waals surface area contributed by atoms with Crippen molar-refractivity contribution in [1.29, 1.82) is 0 Å². The monoisotopic (exact) mass is 398 g/mol. The van der Waals surface area contributed by atoms with Gasteiger partial charge in [0.25, 0.3) is 0 Å². The van der Waals surface area contributed by atoms with E-state index in [4.69, 9.17) is 5.10 Å². The Morgan fingerprint density at radius 2 is 1.72 bits per heavy atom. The van der Waals surface area contributed by atoms with Crippen molar-refractivity contribution >= 4 is 17.6 Å². The molecule has 2 amide bonds. The fraction of sp³-hybridized carbons (Fsp3) is 0.522. The van der Waals surface area contributed by atoms with E-state index < -0.39 is 0 Å². The van der Waals surface area contributed by atoms with Crippen molar-refractivity contribution in [2.75, 3.05) is 18.9 Å². The van der Waals surface area contributed by atoms with E-state index in [1.807, 2.05) is 58.0 Å². The van der Waals surface area contributed by atoms with Crippen LogP contribution in [0.3, 0.4) is 0 Å². The van der Waals surface area contributed by atoms with Crippen LogP contribution < -0.4 is 5.32 Å². The molecule has 1 aromatic heterocycles. The number of hydrogen-bond donors (Lipinski definition) is 1. The molecule has 0 unspecified atom stereocenters. The van der Waals surface area contributed by atoms with E-state index in [0.717, 1.165) is 16.9 Å². The van der Waals surface area contributed by atoms with E-state index in [1.54, 1.807) is 11.7 Å². The van der Waals surface area contributed by atoms with Crippen molar-refractivity contribution in [2.24, 2.45) is 5.41 Å². The zero-order valence-electron chi connectivity index (χ0n) is 19.0. The van der Waals surface area contributed by atoms with Crippen LogP contribution in [-0.2, 0) is 15.0 Å². The minimum Gasteiger partial charge on any atom is -0.336 e. The van der Waals surface area contributed by atoms with Gasteiger partial charge in [0, 0.05) is 24.9 Å². The number of nitrogens with zero attached hydrogens (tertiary/aromatic N) is 3. The normalized spacial score (nSPS) is 12.0. The molecular formula is C23H34N4O2. The summed E-state index contributed by atoms with van der Waals surface area (Å²) in [4.78, 5) is 26.5. The van der Waals surface area contributed by atoms with Gasteiger partial charge in [-0.25, -0.2) is 4.68 Å². The topological polar surface area (TPSA) is 67.2 Å². The summed E-state index contributed by atoms with van der Waals surface area (Å²) in [7, 11) is 1.66. The largest absolute Gasteiger partial charge is 0.336 e. The Hall–Kier alpha value is -2.63. The van der Waals surface area contributed by atoms with Gasteiger partial charge in [0.2, 0.25) is 11.8 Å². The van der Waals surface area contributed by atoms with Crippen molar-refractivity contribution < 1.29 is 9.59 Å². The van der Waals surface area contributed by atoms with E-state index in [1.165, 1.54) is 4.90 Å². The first kappa shape index (κ1) is 22.7. The van der Waals surface area contributed by atoms with Gasteiger partial charge in [-0.15, -0.1) is 0 Å². The van der Waals surface area contributed by atoms with Gasteiger partial charge in [-0.2, -0.15) is 5.10 Å². The van der Waals surface area contributed by atoms with E-state index >= 15 is 0 Å². The predicted molar refractivity (Wildman–Crippen MR) is 117 cm³/mol. The van der Waals surface area contributed by atoms with E-state index in [9.17, 15) is 9.59 Å². The summed E-state index contributed by atoms with van der Waals surface area (Å²) in [6.07, 6.45) is 0.395. The molecule has 0 radical (unpaired) electrons. The quantitative estimate of drug-likeness (QED) is 0.816. The number of hydrogen-bond acceptors (Lipinski definition) is 3. The Bertz CT molecular complexity index is 885. The van der Waals surface area contributed by atoms with Crippen LogP contribution in [0.5, 0.6) is 0 Å². The zero-order chi connectivity index (χ0) is 22.0. The lowest BCUT2D eigenvalue weighted by Gasteiger charge is -2.23. The van der Waals surface area contributed by atoms with Crippen molar-refractivity contribution in [2.45, 2.75) is 60.3 Å². The van der Waals surface area contributed by atoms with Crippen LogP contribution in [0.4, 0.5) is 5.82 Å². The summed E-state index contributed by atoms with van der Waals surface area (Å²) in [5.41, 5.74) is 2.58. The average molecular weight is 399 g/mol. The molecule has 1 heterocycles. The van der Waals surface area contributed by atoms with Gasteiger partial charge in [-0.3, -0.25) is 9.59 Å². The van der Waals surface area contributed by atoms with Crippen LogP contribution in [0.2, 0.25) is 0 Å². The molecule has 158 valence electrons. The molecule has 2 rings (SSSR count).